The van der Waals surface area contributed by atoms with Gasteiger partial charge in [0.05, 0.1) is 5.41 Å². The van der Waals surface area contributed by atoms with Crippen LogP contribution in [0.3, 0.4) is 0 Å². The van der Waals surface area contributed by atoms with Gasteiger partial charge in [-0.2, -0.15) is 0 Å². The fourth-order valence-corrected chi connectivity index (χ4v) is 12.3. The molecule has 0 N–H and O–H groups in total. The summed E-state index contributed by atoms with van der Waals surface area (Å²) in [5.41, 5.74) is 17.1. The zero-order chi connectivity index (χ0) is 40.2. The molecule has 3 aliphatic carbocycles. The molecule has 8 aromatic carbocycles. The van der Waals surface area contributed by atoms with Crippen LogP contribution in [0.1, 0.15) is 54.2 Å². The van der Waals surface area contributed by atoms with Crippen molar-refractivity contribution in [1.29, 1.82) is 0 Å². The second kappa shape index (κ2) is 13.3. The largest absolute Gasteiger partial charge is 0.0894 e. The number of fused-ring (bicyclic) bond motifs is 12. The van der Waals surface area contributed by atoms with E-state index in [1.54, 1.807) is 0 Å². The van der Waals surface area contributed by atoms with Gasteiger partial charge in [-0.1, -0.05) is 215 Å². The molecule has 0 saturated carbocycles. The first-order valence-corrected chi connectivity index (χ1v) is 22.2. The van der Waals surface area contributed by atoms with Crippen molar-refractivity contribution in [2.75, 3.05) is 0 Å². The van der Waals surface area contributed by atoms with E-state index in [4.69, 9.17) is 0 Å². The summed E-state index contributed by atoms with van der Waals surface area (Å²) in [5, 5.41) is 5.12. The molecule has 4 aliphatic rings. The van der Waals surface area contributed by atoms with Crippen LogP contribution in [-0.4, -0.2) is 0 Å². The maximum absolute atomic E-state index is 2.60. The van der Waals surface area contributed by atoms with E-state index in [0.717, 1.165) is 0 Å². The lowest BCUT2D eigenvalue weighted by atomic mass is 9.63. The summed E-state index contributed by atoms with van der Waals surface area (Å²) < 4.78 is 0. The van der Waals surface area contributed by atoms with Gasteiger partial charge < -0.3 is 0 Å². The van der Waals surface area contributed by atoms with Crippen molar-refractivity contribution in [3.63, 3.8) is 0 Å². The zero-order valence-electron chi connectivity index (χ0n) is 34.1. The van der Waals surface area contributed by atoms with Crippen LogP contribution in [0.5, 0.6) is 0 Å². The Morgan fingerprint density at radius 2 is 0.983 bits per heavy atom. The highest BCUT2D eigenvalue weighted by Gasteiger charge is 2.54. The van der Waals surface area contributed by atoms with Gasteiger partial charge in [0, 0.05) is 21.6 Å². The second-order valence-electron chi connectivity index (χ2n) is 17.9. The molecule has 0 nitrogen and oxygen atoms in total. The Kier molecular flexibility index (Phi) is 7.87. The molecule has 2 atom stereocenters. The Bertz CT molecular complexity index is 3100. The lowest BCUT2D eigenvalue weighted by Gasteiger charge is -2.42. The number of benzene rings is 8. The molecule has 286 valence electrons. The first-order valence-electron chi connectivity index (χ1n) is 21.3. The maximum Gasteiger partial charge on any atom is 0.0732 e. The highest BCUT2D eigenvalue weighted by atomic mass is 32.2. The number of allylic oxidation sites excluding steroid dienone is 8. The van der Waals surface area contributed by atoms with Crippen LogP contribution in [0.15, 0.2) is 216 Å². The monoisotopic (exact) mass is 784 g/mol. The summed E-state index contributed by atoms with van der Waals surface area (Å²) in [5.74, 6) is 0.467. The molecule has 2 unspecified atom stereocenters. The normalized spacial score (nSPS) is 18.2. The van der Waals surface area contributed by atoms with Crippen LogP contribution in [0, 0.1) is 11.8 Å². The van der Waals surface area contributed by atoms with Gasteiger partial charge in [-0.25, -0.2) is 0 Å². The molecule has 0 radical (unpaired) electrons. The molecule has 0 bridgehead atoms. The van der Waals surface area contributed by atoms with Crippen LogP contribution in [0.25, 0.3) is 54.9 Å². The fourth-order valence-electron chi connectivity index (χ4n) is 11.1. The molecular formula is C59H44S. The highest BCUT2D eigenvalue weighted by Crippen LogP contribution is 2.66. The van der Waals surface area contributed by atoms with Gasteiger partial charge in [0.15, 0.2) is 0 Å². The molecule has 1 spiro atoms. The van der Waals surface area contributed by atoms with Crippen molar-refractivity contribution in [2.24, 2.45) is 11.8 Å². The SMILES string of the molecule is CC(C)(C)c1ccc(-c2c3ccccc3c(-c3ccc4c(c3)C3(C5=C4C4C=CC=CC4C(c4ccccc4)=C5)c4ccccc4Sc4ccccc43)c3ccccc23)cc1. The van der Waals surface area contributed by atoms with E-state index in [-0.39, 0.29) is 17.3 Å². The van der Waals surface area contributed by atoms with Crippen molar-refractivity contribution < 1.29 is 0 Å². The summed E-state index contributed by atoms with van der Waals surface area (Å²) >= 11 is 1.91. The van der Waals surface area contributed by atoms with Gasteiger partial charge in [0.2, 0.25) is 0 Å². The van der Waals surface area contributed by atoms with E-state index in [9.17, 15) is 0 Å². The van der Waals surface area contributed by atoms with Crippen LogP contribution < -0.4 is 0 Å². The Morgan fingerprint density at radius 1 is 0.467 bits per heavy atom. The van der Waals surface area contributed by atoms with Crippen LogP contribution in [0.2, 0.25) is 0 Å². The van der Waals surface area contributed by atoms with Crippen LogP contribution in [-0.2, 0) is 10.8 Å². The minimum absolute atomic E-state index is 0.0906. The Labute approximate surface area is 357 Å². The molecule has 0 aromatic heterocycles. The first-order chi connectivity index (χ1) is 29.4. The minimum atomic E-state index is -0.501. The number of hydrogen-bond donors (Lipinski definition) is 0. The molecule has 1 aliphatic heterocycles. The molecule has 8 aromatic rings. The summed E-state index contributed by atoms with van der Waals surface area (Å²) in [6, 6.07) is 64.5. The summed E-state index contributed by atoms with van der Waals surface area (Å²) in [4.78, 5) is 2.66. The van der Waals surface area contributed by atoms with Gasteiger partial charge in [-0.05, 0) is 118 Å². The van der Waals surface area contributed by atoms with Crippen molar-refractivity contribution in [3.8, 4) is 22.3 Å². The average Bonchev–Trinajstić information content (AvgIpc) is 3.57. The maximum atomic E-state index is 2.60. The summed E-state index contributed by atoms with van der Waals surface area (Å²) in [6.45, 7) is 6.87. The number of hydrogen-bond acceptors (Lipinski definition) is 1. The Balaban J connectivity index is 1.17. The van der Waals surface area contributed by atoms with E-state index >= 15 is 0 Å². The van der Waals surface area contributed by atoms with Gasteiger partial charge in [-0.15, -0.1) is 0 Å². The quantitative estimate of drug-likeness (QED) is 0.161. The zero-order valence-corrected chi connectivity index (χ0v) is 34.9. The summed E-state index contributed by atoms with van der Waals surface area (Å²) in [7, 11) is 0. The third-order valence-corrected chi connectivity index (χ3v) is 14.9. The van der Waals surface area contributed by atoms with Gasteiger partial charge in [0.1, 0.15) is 0 Å². The second-order valence-corrected chi connectivity index (χ2v) is 19.0. The Morgan fingerprint density at radius 3 is 1.58 bits per heavy atom. The Hall–Kier alpha value is -6.41. The molecule has 60 heavy (non-hydrogen) atoms. The van der Waals surface area contributed by atoms with E-state index in [1.165, 1.54) is 104 Å². The van der Waals surface area contributed by atoms with Crippen molar-refractivity contribution >= 4 is 44.5 Å². The third-order valence-electron chi connectivity index (χ3n) is 13.7. The van der Waals surface area contributed by atoms with Gasteiger partial charge in [0.25, 0.3) is 0 Å². The van der Waals surface area contributed by atoms with Crippen LogP contribution in [0.4, 0.5) is 0 Å². The lowest BCUT2D eigenvalue weighted by Crippen LogP contribution is -2.34. The van der Waals surface area contributed by atoms with Crippen molar-refractivity contribution in [1.82, 2.24) is 0 Å². The summed E-state index contributed by atoms with van der Waals surface area (Å²) in [6.07, 6.45) is 12.0. The minimum Gasteiger partial charge on any atom is -0.0894 e. The number of rotatable bonds is 3. The molecule has 1 heterocycles. The smallest absolute Gasteiger partial charge is 0.0732 e. The van der Waals surface area contributed by atoms with Crippen LogP contribution >= 0.6 is 11.8 Å². The molecular weight excluding hydrogens is 741 g/mol. The third kappa shape index (κ3) is 5.06. The van der Waals surface area contributed by atoms with Crippen molar-refractivity contribution in [3.05, 3.63) is 239 Å². The average molecular weight is 785 g/mol. The highest BCUT2D eigenvalue weighted by molar-refractivity contribution is 7.99. The first kappa shape index (κ1) is 35.5. The fraction of sp³-hybridized carbons (Fsp3) is 0.119. The molecule has 0 amide bonds. The van der Waals surface area contributed by atoms with E-state index in [0.29, 0.717) is 0 Å². The predicted molar refractivity (Wildman–Crippen MR) is 255 cm³/mol. The lowest BCUT2D eigenvalue weighted by molar-refractivity contribution is 0.590. The van der Waals surface area contributed by atoms with Crippen molar-refractivity contribution in [2.45, 2.75) is 41.4 Å². The molecule has 0 saturated heterocycles. The predicted octanol–water partition coefficient (Wildman–Crippen LogP) is 15.6. The van der Waals surface area contributed by atoms with Gasteiger partial charge in [-0.3, -0.25) is 0 Å². The molecule has 1 heteroatoms. The van der Waals surface area contributed by atoms with E-state index in [2.05, 4.69) is 221 Å². The van der Waals surface area contributed by atoms with Gasteiger partial charge >= 0.3 is 0 Å². The standard InChI is InChI=1S/C59H44S/c1-58(2,3)40-32-29-38(30-33-40)55-43-21-9-11-23-45(43)56(46-24-12-10-22-44(46)55)39-31-34-47-51(35-39)59(49-25-13-15-27-53(49)60-54-28-16-14-26-50(54)59)52-36-48(37-17-5-4-6-18-37)41-19-7-8-20-42(41)57(47)52/h4-36,41-42H,1-3H3. The molecule has 12 rings (SSSR count). The topological polar surface area (TPSA) is 0 Å². The van der Waals surface area contributed by atoms with E-state index in [1.807, 2.05) is 11.8 Å². The molecule has 0 fully saturated rings. The van der Waals surface area contributed by atoms with E-state index < -0.39 is 5.41 Å².